The summed E-state index contributed by atoms with van der Waals surface area (Å²) >= 11 is 0. The minimum absolute atomic E-state index is 0.101. The van der Waals surface area contributed by atoms with Gasteiger partial charge in [-0.15, -0.1) is 0 Å². The summed E-state index contributed by atoms with van der Waals surface area (Å²) < 4.78 is 14.8. The Morgan fingerprint density at radius 2 is 1.95 bits per heavy atom. The Bertz CT molecular complexity index is 399. The fourth-order valence-corrected chi connectivity index (χ4v) is 2.24. The van der Waals surface area contributed by atoms with Crippen LogP contribution < -0.4 is 0 Å². The maximum Gasteiger partial charge on any atom is 0.307 e. The molecule has 7 heteroatoms. The number of rotatable bonds is 7. The molecular weight excluding hydrogens is 276 g/mol. The highest BCUT2D eigenvalue weighted by Gasteiger charge is 2.43. The van der Waals surface area contributed by atoms with Crippen molar-refractivity contribution in [1.82, 2.24) is 4.90 Å². The Morgan fingerprint density at radius 3 is 2.48 bits per heavy atom. The number of carbonyl (C=O) groups is 2. The second kappa shape index (κ2) is 8.60. The Morgan fingerprint density at radius 1 is 1.29 bits per heavy atom. The number of methoxy groups -OCH3 is 2. The van der Waals surface area contributed by atoms with Crippen LogP contribution in [-0.4, -0.2) is 63.9 Å². The van der Waals surface area contributed by atoms with E-state index >= 15 is 0 Å². The summed E-state index contributed by atoms with van der Waals surface area (Å²) in [5.41, 5.74) is -1.05. The summed E-state index contributed by atoms with van der Waals surface area (Å²) in [7, 11) is 2.84. The summed E-state index contributed by atoms with van der Waals surface area (Å²) in [6, 6.07) is 2.15. The predicted molar refractivity (Wildman–Crippen MR) is 73.2 cm³/mol. The zero-order valence-electron chi connectivity index (χ0n) is 12.6. The molecule has 0 bridgehead atoms. The highest BCUT2D eigenvalue weighted by atomic mass is 16.5. The summed E-state index contributed by atoms with van der Waals surface area (Å²) in [6.45, 7) is 1.71. The minimum atomic E-state index is -1.05. The first-order valence-electron chi connectivity index (χ1n) is 6.94. The molecule has 0 radical (unpaired) electrons. The molecular formula is C14H22N2O5. The molecule has 1 aliphatic rings. The van der Waals surface area contributed by atoms with E-state index in [1.54, 1.807) is 0 Å². The molecule has 1 fully saturated rings. The van der Waals surface area contributed by atoms with Crippen LogP contribution >= 0.6 is 0 Å². The third-order valence-electron chi connectivity index (χ3n) is 3.64. The van der Waals surface area contributed by atoms with Crippen molar-refractivity contribution in [2.45, 2.75) is 19.3 Å². The lowest BCUT2D eigenvalue weighted by Crippen LogP contribution is -2.48. The number of ether oxygens (including phenoxy) is 3. The summed E-state index contributed by atoms with van der Waals surface area (Å²) in [5, 5.41) is 9.43. The lowest BCUT2D eigenvalue weighted by atomic mass is 9.80. The Balaban J connectivity index is 2.77. The second-order valence-electron chi connectivity index (χ2n) is 4.92. The first kappa shape index (κ1) is 17.4. The predicted octanol–water partition coefficient (Wildman–Crippen LogP) is 0.345. The molecule has 0 spiro atoms. The third-order valence-corrected chi connectivity index (χ3v) is 3.64. The molecule has 0 N–H and O–H groups in total. The highest BCUT2D eigenvalue weighted by Crippen LogP contribution is 2.32. The van der Waals surface area contributed by atoms with Crippen molar-refractivity contribution in [1.29, 1.82) is 5.26 Å². The normalized spacial score (nSPS) is 16.8. The number of carbonyl (C=O) groups excluding carboxylic acids is 2. The van der Waals surface area contributed by atoms with Crippen LogP contribution in [0.25, 0.3) is 0 Å². The number of nitriles is 1. The number of esters is 1. The van der Waals surface area contributed by atoms with Crippen LogP contribution in [0.15, 0.2) is 0 Å². The van der Waals surface area contributed by atoms with Crippen molar-refractivity contribution in [2.75, 3.05) is 47.1 Å². The largest absolute Gasteiger partial charge is 0.469 e. The zero-order chi connectivity index (χ0) is 15.7. The van der Waals surface area contributed by atoms with Gasteiger partial charge in [0.25, 0.3) is 0 Å². The van der Waals surface area contributed by atoms with Crippen molar-refractivity contribution in [3.63, 3.8) is 0 Å². The average Bonchev–Trinajstić information content (AvgIpc) is 2.54. The lowest BCUT2D eigenvalue weighted by Gasteiger charge is -2.34. The van der Waals surface area contributed by atoms with Gasteiger partial charge in [0.05, 0.1) is 26.2 Å². The van der Waals surface area contributed by atoms with E-state index in [0.717, 1.165) is 0 Å². The van der Waals surface area contributed by atoms with E-state index in [9.17, 15) is 14.9 Å². The van der Waals surface area contributed by atoms with Crippen LogP contribution in [0.2, 0.25) is 0 Å². The Labute approximate surface area is 124 Å². The molecule has 1 saturated heterocycles. The maximum absolute atomic E-state index is 12.7. The van der Waals surface area contributed by atoms with E-state index in [0.29, 0.717) is 39.2 Å². The SMILES string of the molecule is COCCN(CCC(=O)OC)C(=O)C1(C#N)CCOCC1. The fourth-order valence-electron chi connectivity index (χ4n) is 2.24. The Kier molecular flexibility index (Phi) is 7.12. The molecule has 21 heavy (non-hydrogen) atoms. The molecule has 1 rings (SSSR count). The van der Waals surface area contributed by atoms with E-state index in [4.69, 9.17) is 9.47 Å². The van der Waals surface area contributed by atoms with Gasteiger partial charge in [-0.05, 0) is 12.8 Å². The summed E-state index contributed by atoms with van der Waals surface area (Å²) in [4.78, 5) is 25.5. The van der Waals surface area contributed by atoms with Gasteiger partial charge < -0.3 is 19.1 Å². The van der Waals surface area contributed by atoms with Crippen molar-refractivity contribution < 1.29 is 23.8 Å². The summed E-state index contributed by atoms with van der Waals surface area (Å²) in [6.07, 6.45) is 0.859. The van der Waals surface area contributed by atoms with Gasteiger partial charge in [-0.1, -0.05) is 0 Å². The molecule has 0 unspecified atom stereocenters. The Hall–Kier alpha value is -1.65. The molecule has 1 heterocycles. The molecule has 118 valence electrons. The van der Waals surface area contributed by atoms with Gasteiger partial charge >= 0.3 is 5.97 Å². The molecule has 0 atom stereocenters. The van der Waals surface area contributed by atoms with Crippen molar-refractivity contribution >= 4 is 11.9 Å². The molecule has 0 saturated carbocycles. The topological polar surface area (TPSA) is 88.9 Å². The van der Waals surface area contributed by atoms with E-state index in [1.165, 1.54) is 19.1 Å². The molecule has 0 aromatic carbocycles. The lowest BCUT2D eigenvalue weighted by molar-refractivity contribution is -0.146. The van der Waals surface area contributed by atoms with Gasteiger partial charge in [0, 0.05) is 33.4 Å². The number of amides is 1. The zero-order valence-corrected chi connectivity index (χ0v) is 12.6. The summed E-state index contributed by atoms with van der Waals surface area (Å²) in [5.74, 6) is -0.641. The van der Waals surface area contributed by atoms with E-state index < -0.39 is 5.41 Å². The van der Waals surface area contributed by atoms with Gasteiger partial charge in [0.15, 0.2) is 0 Å². The minimum Gasteiger partial charge on any atom is -0.469 e. The maximum atomic E-state index is 12.7. The van der Waals surface area contributed by atoms with Gasteiger partial charge in [-0.25, -0.2) is 0 Å². The van der Waals surface area contributed by atoms with E-state index in [1.807, 2.05) is 0 Å². The van der Waals surface area contributed by atoms with Gasteiger partial charge in [0.2, 0.25) is 5.91 Å². The number of nitrogens with zero attached hydrogens (tertiary/aromatic N) is 2. The molecule has 0 aromatic heterocycles. The number of hydrogen-bond acceptors (Lipinski definition) is 6. The first-order chi connectivity index (χ1) is 10.1. The van der Waals surface area contributed by atoms with Gasteiger partial charge in [0.1, 0.15) is 5.41 Å². The van der Waals surface area contributed by atoms with Crippen molar-refractivity contribution in [2.24, 2.45) is 5.41 Å². The fraction of sp³-hybridized carbons (Fsp3) is 0.786. The molecule has 1 amide bonds. The van der Waals surface area contributed by atoms with Crippen LogP contribution in [0, 0.1) is 16.7 Å². The van der Waals surface area contributed by atoms with Crippen LogP contribution in [0.3, 0.4) is 0 Å². The van der Waals surface area contributed by atoms with Gasteiger partial charge in [-0.2, -0.15) is 5.26 Å². The number of hydrogen-bond donors (Lipinski definition) is 0. The van der Waals surface area contributed by atoms with E-state index in [-0.39, 0.29) is 24.8 Å². The monoisotopic (exact) mass is 298 g/mol. The second-order valence-corrected chi connectivity index (χ2v) is 4.92. The quantitative estimate of drug-likeness (QED) is 0.630. The average molecular weight is 298 g/mol. The molecule has 0 aliphatic carbocycles. The standard InChI is InChI=1S/C14H22N2O5/c1-19-10-7-16(6-3-12(17)20-2)13(18)14(11-15)4-8-21-9-5-14/h3-10H2,1-2H3. The van der Waals surface area contributed by atoms with Crippen LogP contribution in [0.4, 0.5) is 0 Å². The van der Waals surface area contributed by atoms with Gasteiger partial charge in [-0.3, -0.25) is 9.59 Å². The first-order valence-corrected chi connectivity index (χ1v) is 6.94. The smallest absolute Gasteiger partial charge is 0.307 e. The molecule has 0 aromatic rings. The van der Waals surface area contributed by atoms with Crippen LogP contribution in [0.5, 0.6) is 0 Å². The van der Waals surface area contributed by atoms with Crippen LogP contribution in [0.1, 0.15) is 19.3 Å². The highest BCUT2D eigenvalue weighted by molar-refractivity contribution is 5.86. The third kappa shape index (κ3) is 4.69. The van der Waals surface area contributed by atoms with Crippen LogP contribution in [-0.2, 0) is 23.8 Å². The van der Waals surface area contributed by atoms with Crippen molar-refractivity contribution in [3.8, 4) is 6.07 Å². The van der Waals surface area contributed by atoms with Crippen molar-refractivity contribution in [3.05, 3.63) is 0 Å². The van der Waals surface area contributed by atoms with E-state index in [2.05, 4.69) is 10.8 Å². The molecule has 7 nitrogen and oxygen atoms in total. The molecule has 1 aliphatic heterocycles.